The average molecular weight is 1540 g/mol. The Kier molecular flexibility index (Phi) is 30.6. The van der Waals surface area contributed by atoms with Gasteiger partial charge in [0.2, 0.25) is 70.9 Å². The summed E-state index contributed by atoms with van der Waals surface area (Å²) in [6.07, 6.45) is -7.22. The molecular weight excluding hydrogens is 1420 g/mol. The first-order valence-electron chi connectivity index (χ1n) is 39.3. The average Bonchev–Trinajstić information content (AvgIpc) is 1.00. The van der Waals surface area contributed by atoms with E-state index in [0.717, 1.165) is 32.4 Å². The van der Waals surface area contributed by atoms with Crippen molar-refractivity contribution in [3.63, 3.8) is 0 Å². The van der Waals surface area contributed by atoms with Gasteiger partial charge in [-0.2, -0.15) is 13.2 Å². The SMILES string of the molecule is CCO[C@@H]1C[C@H]2C(=O)NC3(CCC3)C(=O)N(C)[C@@H](C(CC)CC)C(=O)N(C)[C@H](C(=O)N3CCOCC3)CC(=O)N(C)[C@@H](CC3CC3)C(=O)N[C@@H]([C@@H](C)CC)C(=O)N(C)CC(=O)N(C)[C@H]3C/C=C\CCN(C3=O)[C@@H](CC3CCC(F)CC3)C(=O)N(C)CC(=O)N[C@@H](CCC3CC(F)C(C(F)(F)F)C(F)C3)C(=O)N2C1. The fourth-order valence-electron chi connectivity index (χ4n) is 17.0. The Morgan fingerprint density at radius 2 is 1.24 bits per heavy atom. The molecule has 0 aromatic rings. The lowest BCUT2D eigenvalue weighted by atomic mass is 9.74. The predicted molar refractivity (Wildman–Crippen MR) is 385 cm³/mol. The van der Waals surface area contributed by atoms with Crippen molar-refractivity contribution in [3.05, 3.63) is 12.2 Å². The number of halogens is 6. The molecule has 8 rings (SSSR count). The van der Waals surface area contributed by atoms with E-state index in [1.807, 2.05) is 20.8 Å². The van der Waals surface area contributed by atoms with E-state index < -0.39 is 218 Å². The molecule has 32 heteroatoms. The van der Waals surface area contributed by atoms with Gasteiger partial charge in [-0.25, -0.2) is 13.2 Å². The summed E-state index contributed by atoms with van der Waals surface area (Å²) in [5.41, 5.74) is -1.68. The van der Waals surface area contributed by atoms with Gasteiger partial charge in [-0.15, -0.1) is 0 Å². The van der Waals surface area contributed by atoms with Crippen LogP contribution in [0.3, 0.4) is 0 Å². The third-order valence-electron chi connectivity index (χ3n) is 24.5. The van der Waals surface area contributed by atoms with Crippen LogP contribution in [-0.4, -0.2) is 301 Å². The summed E-state index contributed by atoms with van der Waals surface area (Å²) in [6.45, 7) is 7.88. The van der Waals surface area contributed by atoms with Crippen LogP contribution in [0.15, 0.2) is 12.2 Å². The number of rotatable bonds is 15. The van der Waals surface area contributed by atoms with Crippen molar-refractivity contribution >= 4 is 70.9 Å². The molecule has 4 aliphatic carbocycles. The molecule has 608 valence electrons. The van der Waals surface area contributed by atoms with Crippen LogP contribution in [0.4, 0.5) is 26.3 Å². The standard InChI is InChI=1S/C76H118F6N12O14/c1-12-45(5)64-72(104)87(7)44-62(97)88(8)55-20-17-16-18-31-93(71(55)103)59(39-47-23-26-50(77)27-24-47)69(101)86(6)43-60(95)83-54(28-25-48-36-52(78)63(53(79)37-48)76(80,81)82)68(100)94-42-51(108-15-4)40-57(94)67(99)85-75(29-19-30-75)74(106)91(11)65(49(13-2)14-3)73(105)90(10)58(70(102)92-32-34-107-35-33-92)41-61(96)89(9)56(66(98)84-64)38-46-21-22-46/h16-17,45-59,63-65H,12-15,18-44H2,1-11H3,(H,83,95)(H,84,98)(H,85,99)/b17-16-/t45-,47?,48?,50?,51+,52?,53?,54-,55-,56-,57-,58-,59-,63?,64-,65-/m0/s1. The van der Waals surface area contributed by atoms with Crippen LogP contribution >= 0.6 is 0 Å². The van der Waals surface area contributed by atoms with Gasteiger partial charge < -0.3 is 69.5 Å². The molecule has 8 aliphatic rings. The molecular formula is C76H118F6N12O14. The number of carbonyl (C=O) groups excluding carboxylic acids is 12. The summed E-state index contributed by atoms with van der Waals surface area (Å²) in [6, 6.07) is -10.9. The normalized spacial score (nSPS) is 32.5. The number of alkyl halides is 6. The van der Waals surface area contributed by atoms with Gasteiger partial charge in [0.05, 0.1) is 38.8 Å². The Labute approximate surface area is 631 Å². The van der Waals surface area contributed by atoms with E-state index in [1.54, 1.807) is 26.0 Å². The van der Waals surface area contributed by atoms with E-state index in [-0.39, 0.29) is 122 Å². The zero-order valence-electron chi connectivity index (χ0n) is 65.0. The minimum Gasteiger partial charge on any atom is -0.378 e. The van der Waals surface area contributed by atoms with Crippen LogP contribution < -0.4 is 16.0 Å². The molecule has 4 aliphatic heterocycles. The van der Waals surface area contributed by atoms with Crippen molar-refractivity contribution in [2.75, 3.05) is 101 Å². The molecule has 4 saturated carbocycles. The van der Waals surface area contributed by atoms with Crippen LogP contribution in [0.1, 0.15) is 176 Å². The first-order valence-corrected chi connectivity index (χ1v) is 39.3. The van der Waals surface area contributed by atoms with E-state index in [0.29, 0.717) is 38.5 Å². The third kappa shape index (κ3) is 20.9. The number of amides is 12. The Hall–Kier alpha value is -7.12. The molecule has 2 bridgehead atoms. The van der Waals surface area contributed by atoms with Crippen LogP contribution in [-0.2, 0) is 67.0 Å². The minimum atomic E-state index is -5.19. The van der Waals surface area contributed by atoms with Crippen molar-refractivity contribution < 1.29 is 93.4 Å². The Bertz CT molecular complexity index is 3210. The van der Waals surface area contributed by atoms with Gasteiger partial charge >= 0.3 is 6.18 Å². The van der Waals surface area contributed by atoms with Gasteiger partial charge in [0.15, 0.2) is 0 Å². The van der Waals surface area contributed by atoms with Gasteiger partial charge in [0, 0.05) is 81.5 Å². The Balaban J connectivity index is 1.20. The summed E-state index contributed by atoms with van der Waals surface area (Å²) in [5, 5.41) is 8.56. The molecule has 12 atom stereocenters. The highest BCUT2D eigenvalue weighted by Gasteiger charge is 2.56. The quantitative estimate of drug-likeness (QED) is 0.139. The van der Waals surface area contributed by atoms with Gasteiger partial charge in [-0.1, -0.05) is 72.0 Å². The molecule has 0 aromatic carbocycles. The third-order valence-corrected chi connectivity index (χ3v) is 24.5. The van der Waals surface area contributed by atoms with E-state index in [4.69, 9.17) is 9.47 Å². The molecule has 0 radical (unpaired) electrons. The van der Waals surface area contributed by atoms with Crippen molar-refractivity contribution in [2.24, 2.45) is 35.5 Å². The second-order valence-corrected chi connectivity index (χ2v) is 31.8. The number of likely N-dealkylation sites (N-methyl/N-ethyl adjacent to an activating group) is 6. The van der Waals surface area contributed by atoms with Crippen molar-refractivity contribution in [1.82, 2.24) is 60.0 Å². The van der Waals surface area contributed by atoms with Crippen molar-refractivity contribution in [1.29, 1.82) is 0 Å². The van der Waals surface area contributed by atoms with Crippen LogP contribution in [0.5, 0.6) is 0 Å². The monoisotopic (exact) mass is 1540 g/mol. The number of nitrogens with zero attached hydrogens (tertiary/aromatic N) is 9. The molecule has 4 heterocycles. The maximum Gasteiger partial charge on any atom is 0.397 e. The van der Waals surface area contributed by atoms with E-state index in [9.17, 15) is 31.9 Å². The maximum atomic E-state index is 15.7. The lowest BCUT2D eigenvalue weighted by Crippen LogP contribution is -2.68. The highest BCUT2D eigenvalue weighted by molar-refractivity contribution is 6.01. The summed E-state index contributed by atoms with van der Waals surface area (Å²) < 4.78 is 99.3. The first-order chi connectivity index (χ1) is 51.1. The number of ether oxygens (including phenoxy) is 2. The molecule has 3 N–H and O–H groups in total. The fourth-order valence-corrected chi connectivity index (χ4v) is 17.0. The van der Waals surface area contributed by atoms with Gasteiger partial charge in [0.25, 0.3) is 0 Å². The molecule has 12 amide bonds. The van der Waals surface area contributed by atoms with Gasteiger partial charge in [0.1, 0.15) is 78.3 Å². The van der Waals surface area contributed by atoms with Crippen molar-refractivity contribution in [3.8, 4) is 0 Å². The van der Waals surface area contributed by atoms with Crippen LogP contribution in [0, 0.1) is 35.5 Å². The topological polar surface area (TPSA) is 289 Å². The number of hydrogen-bond donors (Lipinski definition) is 3. The zero-order chi connectivity index (χ0) is 79.4. The zero-order valence-corrected chi connectivity index (χ0v) is 65.0. The summed E-state index contributed by atoms with van der Waals surface area (Å²) in [7, 11) is 8.28. The summed E-state index contributed by atoms with van der Waals surface area (Å²) in [5.74, 6) is -14.2. The van der Waals surface area contributed by atoms with Crippen LogP contribution in [0.2, 0.25) is 0 Å². The molecule has 2 unspecified atom stereocenters. The smallest absolute Gasteiger partial charge is 0.378 e. The molecule has 7 fully saturated rings. The number of carbonyl (C=O) groups is 12. The van der Waals surface area contributed by atoms with E-state index >= 15 is 51.9 Å². The highest BCUT2D eigenvalue weighted by atomic mass is 19.4. The second kappa shape index (κ2) is 38.2. The Morgan fingerprint density at radius 1 is 0.630 bits per heavy atom. The fraction of sp³-hybridized carbons (Fsp3) is 0.816. The molecule has 26 nitrogen and oxygen atoms in total. The second-order valence-electron chi connectivity index (χ2n) is 31.8. The number of hydrogen-bond acceptors (Lipinski definition) is 14. The maximum absolute atomic E-state index is 15.7. The largest absolute Gasteiger partial charge is 0.397 e. The molecule has 0 aromatic heterocycles. The lowest BCUT2D eigenvalue weighted by Gasteiger charge is -2.47. The van der Waals surface area contributed by atoms with E-state index in [2.05, 4.69) is 16.0 Å². The minimum absolute atomic E-state index is 0.0113. The lowest BCUT2D eigenvalue weighted by molar-refractivity contribution is -0.219. The summed E-state index contributed by atoms with van der Waals surface area (Å²) in [4.78, 5) is 193. The Morgan fingerprint density at radius 3 is 1.81 bits per heavy atom. The first kappa shape index (κ1) is 86.5. The highest BCUT2D eigenvalue weighted by Crippen LogP contribution is 2.45. The number of fused-ring (bicyclic) bond motifs is 3. The summed E-state index contributed by atoms with van der Waals surface area (Å²) >= 11 is 0. The molecule has 3 saturated heterocycles. The van der Waals surface area contributed by atoms with Gasteiger partial charge in [-0.3, -0.25) is 57.5 Å². The van der Waals surface area contributed by atoms with E-state index in [1.165, 1.54) is 66.8 Å². The van der Waals surface area contributed by atoms with Crippen molar-refractivity contribution in [2.45, 2.75) is 261 Å². The van der Waals surface area contributed by atoms with Crippen LogP contribution in [0.25, 0.3) is 0 Å². The molecule has 108 heavy (non-hydrogen) atoms. The number of morpholine rings is 1. The number of nitrogens with one attached hydrogen (secondary N) is 3. The predicted octanol–water partition coefficient (Wildman–Crippen LogP) is 5.28. The van der Waals surface area contributed by atoms with Gasteiger partial charge in [-0.05, 0) is 133 Å². The molecule has 1 spiro atoms.